The van der Waals surface area contributed by atoms with Crippen LogP contribution >= 0.6 is 0 Å². The largest absolute Gasteiger partial charge is 0.396 e. The molecule has 0 unspecified atom stereocenters. The first kappa shape index (κ1) is 9.53. The van der Waals surface area contributed by atoms with Gasteiger partial charge in [-0.25, -0.2) is 4.57 Å². The van der Waals surface area contributed by atoms with Crippen molar-refractivity contribution in [3.63, 3.8) is 0 Å². The monoisotopic (exact) mass is 185 g/mol. The van der Waals surface area contributed by atoms with E-state index in [0.717, 1.165) is 0 Å². The van der Waals surface area contributed by atoms with Crippen LogP contribution in [-0.2, 0) is 6.54 Å². The minimum Gasteiger partial charge on any atom is -0.396 e. The maximum absolute atomic E-state index is 10.8. The molecule has 6 nitrogen and oxygen atoms in total. The zero-order chi connectivity index (χ0) is 9.84. The van der Waals surface area contributed by atoms with Gasteiger partial charge < -0.3 is 16.6 Å². The van der Waals surface area contributed by atoms with Crippen LogP contribution in [0.3, 0.4) is 0 Å². The van der Waals surface area contributed by atoms with Crippen LogP contribution in [0.25, 0.3) is 0 Å². The summed E-state index contributed by atoms with van der Waals surface area (Å²) >= 11 is 0. The number of amides is 1. The van der Waals surface area contributed by atoms with Gasteiger partial charge in [0.05, 0.1) is 6.54 Å². The highest BCUT2D eigenvalue weighted by molar-refractivity contribution is 5.94. The van der Waals surface area contributed by atoms with Crippen molar-refractivity contribution in [2.24, 2.45) is 5.73 Å². The van der Waals surface area contributed by atoms with Gasteiger partial charge >= 0.3 is 0 Å². The number of hydrogen-bond acceptors (Lipinski definition) is 3. The number of H-pyrrole nitrogens is 1. The summed E-state index contributed by atoms with van der Waals surface area (Å²) in [6.07, 6.45) is 2.15. The Balaban J connectivity index is 2.80. The number of nitrogens with one attached hydrogen (secondary N) is 1. The van der Waals surface area contributed by atoms with E-state index in [2.05, 4.69) is 4.98 Å². The highest BCUT2D eigenvalue weighted by Crippen LogP contribution is 2.00. The third-order valence-corrected chi connectivity index (χ3v) is 1.73. The SMILES string of the molecule is NC(=O)c1[nH]c[n+](CCCO)c1N. The molecule has 0 spiro atoms. The molecule has 1 aromatic rings. The summed E-state index contributed by atoms with van der Waals surface area (Å²) in [5, 5.41) is 8.58. The molecule has 72 valence electrons. The maximum atomic E-state index is 10.8. The number of imidazole rings is 1. The Morgan fingerprint density at radius 2 is 2.38 bits per heavy atom. The number of aromatic amines is 1. The number of hydrogen-bond donors (Lipinski definition) is 4. The fourth-order valence-electron chi connectivity index (χ4n) is 1.05. The molecule has 13 heavy (non-hydrogen) atoms. The van der Waals surface area contributed by atoms with Gasteiger partial charge in [-0.2, -0.15) is 0 Å². The third kappa shape index (κ3) is 1.97. The molecule has 0 aliphatic rings. The zero-order valence-electron chi connectivity index (χ0n) is 7.16. The fraction of sp³-hybridized carbons (Fsp3) is 0.429. The molecule has 1 heterocycles. The third-order valence-electron chi connectivity index (χ3n) is 1.73. The number of nitrogens with zero attached hydrogens (tertiary/aromatic N) is 1. The minimum absolute atomic E-state index is 0.0868. The van der Waals surface area contributed by atoms with Gasteiger partial charge in [-0.1, -0.05) is 0 Å². The van der Waals surface area contributed by atoms with Crippen molar-refractivity contribution in [3.05, 3.63) is 12.0 Å². The quantitative estimate of drug-likeness (QED) is 0.422. The normalized spacial score (nSPS) is 10.2. The van der Waals surface area contributed by atoms with Crippen molar-refractivity contribution in [3.8, 4) is 0 Å². The van der Waals surface area contributed by atoms with Crippen molar-refractivity contribution >= 4 is 11.7 Å². The summed E-state index contributed by atoms with van der Waals surface area (Å²) in [6.45, 7) is 0.648. The van der Waals surface area contributed by atoms with E-state index in [9.17, 15) is 4.79 Å². The lowest BCUT2D eigenvalue weighted by Gasteiger charge is -1.95. The molecule has 0 saturated carbocycles. The zero-order valence-corrected chi connectivity index (χ0v) is 7.16. The molecule has 1 rings (SSSR count). The number of carbonyl (C=O) groups is 1. The van der Waals surface area contributed by atoms with Crippen molar-refractivity contribution in [2.45, 2.75) is 13.0 Å². The maximum Gasteiger partial charge on any atom is 0.287 e. The van der Waals surface area contributed by atoms with Crippen molar-refractivity contribution < 1.29 is 14.5 Å². The second-order valence-corrected chi connectivity index (χ2v) is 2.67. The highest BCUT2D eigenvalue weighted by atomic mass is 16.3. The molecule has 0 aliphatic heterocycles. The number of nitrogen functional groups attached to an aromatic ring is 1. The van der Waals surface area contributed by atoms with Crippen LogP contribution in [0.2, 0.25) is 0 Å². The number of nitrogens with two attached hydrogens (primary N) is 2. The highest BCUT2D eigenvalue weighted by Gasteiger charge is 2.17. The number of aromatic nitrogens is 2. The number of aliphatic hydroxyl groups excluding tert-OH is 1. The van der Waals surface area contributed by atoms with Gasteiger partial charge in [0.1, 0.15) is 0 Å². The Labute approximate surface area is 75.2 Å². The lowest BCUT2D eigenvalue weighted by atomic mass is 10.4. The van der Waals surface area contributed by atoms with Crippen LogP contribution in [0.1, 0.15) is 16.9 Å². The molecule has 6 heteroatoms. The average molecular weight is 185 g/mol. The molecule has 0 fully saturated rings. The molecule has 1 amide bonds. The average Bonchev–Trinajstić information content (AvgIpc) is 2.43. The first-order valence-electron chi connectivity index (χ1n) is 3.93. The molecule has 0 saturated heterocycles. The van der Waals surface area contributed by atoms with Crippen LogP contribution in [0.5, 0.6) is 0 Å². The summed E-state index contributed by atoms with van der Waals surface area (Å²) < 4.78 is 1.64. The predicted octanol–water partition coefficient (Wildman–Crippen LogP) is -1.63. The Morgan fingerprint density at radius 1 is 1.69 bits per heavy atom. The summed E-state index contributed by atoms with van der Waals surface area (Å²) in [5.41, 5.74) is 10.8. The predicted molar refractivity (Wildman–Crippen MR) is 45.6 cm³/mol. The van der Waals surface area contributed by atoms with Gasteiger partial charge in [0.2, 0.25) is 5.69 Å². The molecule has 0 atom stereocenters. The minimum atomic E-state index is -0.583. The van der Waals surface area contributed by atoms with Crippen molar-refractivity contribution in [1.29, 1.82) is 0 Å². The number of anilines is 1. The summed E-state index contributed by atoms with van der Waals surface area (Å²) in [7, 11) is 0. The van der Waals surface area contributed by atoms with Gasteiger partial charge in [-0.15, -0.1) is 0 Å². The first-order valence-corrected chi connectivity index (χ1v) is 3.93. The number of aryl methyl sites for hydroxylation is 1. The molecule has 1 aromatic heterocycles. The summed E-state index contributed by atoms with van der Waals surface area (Å²) in [4.78, 5) is 13.4. The molecular formula is C7H13N4O2+. The Hall–Kier alpha value is -1.56. The van der Waals surface area contributed by atoms with E-state index in [1.54, 1.807) is 10.9 Å². The van der Waals surface area contributed by atoms with Crippen molar-refractivity contribution in [1.82, 2.24) is 4.98 Å². The lowest BCUT2D eigenvalue weighted by Crippen LogP contribution is -2.35. The number of aliphatic hydroxyl groups is 1. The Morgan fingerprint density at radius 3 is 2.85 bits per heavy atom. The first-order chi connectivity index (χ1) is 6.16. The Kier molecular flexibility index (Phi) is 2.86. The Bertz CT molecular complexity index is 307. The molecule has 0 bridgehead atoms. The lowest BCUT2D eigenvalue weighted by molar-refractivity contribution is -0.682. The number of rotatable bonds is 4. The smallest absolute Gasteiger partial charge is 0.287 e. The molecule has 0 radical (unpaired) electrons. The summed E-state index contributed by atoms with van der Waals surface area (Å²) in [6, 6.07) is 0. The van der Waals surface area contributed by atoms with E-state index in [1.807, 2.05) is 0 Å². The van der Waals surface area contributed by atoms with Gasteiger partial charge in [0, 0.05) is 13.0 Å². The number of carbonyl (C=O) groups excluding carboxylic acids is 1. The van der Waals surface area contributed by atoms with Gasteiger partial charge in [0.25, 0.3) is 11.7 Å². The second-order valence-electron chi connectivity index (χ2n) is 2.67. The second kappa shape index (κ2) is 3.90. The van der Waals surface area contributed by atoms with E-state index in [-0.39, 0.29) is 12.3 Å². The van der Waals surface area contributed by atoms with E-state index in [1.165, 1.54) is 0 Å². The number of primary amides is 1. The van der Waals surface area contributed by atoms with Crippen LogP contribution in [0, 0.1) is 0 Å². The van der Waals surface area contributed by atoms with E-state index < -0.39 is 5.91 Å². The summed E-state index contributed by atoms with van der Waals surface area (Å²) in [5.74, 6) is -0.277. The van der Waals surface area contributed by atoms with Crippen LogP contribution in [0.15, 0.2) is 6.33 Å². The topological polar surface area (TPSA) is 109 Å². The fourth-order valence-corrected chi connectivity index (χ4v) is 1.05. The molecule has 6 N–H and O–H groups in total. The standard InChI is InChI=1S/C7H12N4O2/c8-6-5(7(9)13)10-4-11(6)2-1-3-12/h4,12H,1-3H2,(H4,8,9,13)/p+1. The van der Waals surface area contributed by atoms with E-state index in [0.29, 0.717) is 18.8 Å². The van der Waals surface area contributed by atoms with Crippen LogP contribution in [-0.4, -0.2) is 22.6 Å². The molecule has 0 aromatic carbocycles. The van der Waals surface area contributed by atoms with E-state index in [4.69, 9.17) is 16.6 Å². The van der Waals surface area contributed by atoms with Crippen molar-refractivity contribution in [2.75, 3.05) is 12.3 Å². The van der Waals surface area contributed by atoms with Crippen LogP contribution in [0.4, 0.5) is 5.82 Å². The van der Waals surface area contributed by atoms with Crippen LogP contribution < -0.4 is 16.0 Å². The van der Waals surface area contributed by atoms with Gasteiger partial charge in [-0.05, 0) is 0 Å². The molecular weight excluding hydrogens is 172 g/mol. The van der Waals surface area contributed by atoms with E-state index >= 15 is 0 Å². The molecule has 0 aliphatic carbocycles. The van der Waals surface area contributed by atoms with Gasteiger partial charge in [0.15, 0.2) is 6.33 Å². The van der Waals surface area contributed by atoms with Gasteiger partial charge in [-0.3, -0.25) is 9.78 Å².